The van der Waals surface area contributed by atoms with Crippen molar-refractivity contribution in [1.82, 2.24) is 9.80 Å². The van der Waals surface area contributed by atoms with Gasteiger partial charge in [0.15, 0.2) is 5.78 Å². The van der Waals surface area contributed by atoms with E-state index in [-0.39, 0.29) is 30.4 Å². The van der Waals surface area contributed by atoms with Gasteiger partial charge in [0.2, 0.25) is 5.91 Å². The summed E-state index contributed by atoms with van der Waals surface area (Å²) in [6, 6.07) is 15.0. The first-order valence-electron chi connectivity index (χ1n) is 10.2. The summed E-state index contributed by atoms with van der Waals surface area (Å²) in [5.74, 6) is -0.0201. The van der Waals surface area contributed by atoms with Gasteiger partial charge >= 0.3 is 0 Å². The average molecular weight is 392 g/mol. The predicted octanol–water partition coefficient (Wildman–Crippen LogP) is 3.64. The Labute approximate surface area is 172 Å². The Morgan fingerprint density at radius 2 is 1.21 bits per heavy atom. The molecular formula is C24H28N2O3. The summed E-state index contributed by atoms with van der Waals surface area (Å²) in [5, 5.41) is 0. The highest BCUT2D eigenvalue weighted by molar-refractivity contribution is 5.98. The second-order valence-corrected chi connectivity index (χ2v) is 7.68. The van der Waals surface area contributed by atoms with Crippen LogP contribution in [0, 0.1) is 13.8 Å². The van der Waals surface area contributed by atoms with Crippen molar-refractivity contribution in [2.24, 2.45) is 0 Å². The summed E-state index contributed by atoms with van der Waals surface area (Å²) in [7, 11) is 0. The molecule has 29 heavy (non-hydrogen) atoms. The summed E-state index contributed by atoms with van der Waals surface area (Å²) < 4.78 is 0. The molecule has 1 saturated heterocycles. The van der Waals surface area contributed by atoms with Gasteiger partial charge in [-0.3, -0.25) is 14.4 Å². The highest BCUT2D eigenvalue weighted by Crippen LogP contribution is 2.13. The number of amides is 2. The maximum atomic E-state index is 12.7. The van der Waals surface area contributed by atoms with E-state index in [4.69, 9.17) is 0 Å². The molecule has 2 aromatic carbocycles. The van der Waals surface area contributed by atoms with Gasteiger partial charge in [-0.25, -0.2) is 0 Å². The zero-order chi connectivity index (χ0) is 20.8. The molecule has 1 heterocycles. The quantitative estimate of drug-likeness (QED) is 0.730. The minimum Gasteiger partial charge on any atom is -0.341 e. The molecule has 0 saturated carbocycles. The number of Topliss-reactive ketones (excluding diaryl/α,β-unsaturated/α-hetero) is 1. The lowest BCUT2D eigenvalue weighted by molar-refractivity contribution is -0.131. The number of benzene rings is 2. The van der Waals surface area contributed by atoms with Crippen molar-refractivity contribution in [1.29, 1.82) is 0 Å². The van der Waals surface area contributed by atoms with Crippen LogP contribution in [0.2, 0.25) is 0 Å². The maximum absolute atomic E-state index is 12.7. The summed E-state index contributed by atoms with van der Waals surface area (Å²) in [6.07, 6.45) is 1.16. The van der Waals surface area contributed by atoms with Crippen molar-refractivity contribution in [2.45, 2.75) is 33.1 Å². The molecule has 0 aliphatic carbocycles. The smallest absolute Gasteiger partial charge is 0.253 e. The fraction of sp³-hybridized carbons (Fsp3) is 0.375. The van der Waals surface area contributed by atoms with E-state index in [1.54, 1.807) is 4.90 Å². The third-order valence-corrected chi connectivity index (χ3v) is 5.37. The Kier molecular flexibility index (Phi) is 6.81. The standard InChI is InChI=1S/C24H28N2O3/c1-18-4-8-20(9-5-18)22(27)12-13-23(28)25-14-3-15-26(17-16-25)24(29)21-10-6-19(2)7-11-21/h4-11H,3,12-17H2,1-2H3. The lowest BCUT2D eigenvalue weighted by Crippen LogP contribution is -2.37. The number of ketones is 1. The largest absolute Gasteiger partial charge is 0.341 e. The molecule has 0 N–H and O–H groups in total. The Hall–Kier alpha value is -2.95. The number of hydrogen-bond acceptors (Lipinski definition) is 3. The number of rotatable bonds is 5. The molecule has 3 rings (SSSR count). The molecule has 1 fully saturated rings. The van der Waals surface area contributed by atoms with E-state index >= 15 is 0 Å². The van der Waals surface area contributed by atoms with E-state index in [1.807, 2.05) is 67.3 Å². The van der Waals surface area contributed by atoms with Crippen LogP contribution in [0.4, 0.5) is 0 Å². The average Bonchev–Trinajstić information content (AvgIpc) is 2.99. The lowest BCUT2D eigenvalue weighted by atomic mass is 10.0. The van der Waals surface area contributed by atoms with Gasteiger partial charge in [-0.15, -0.1) is 0 Å². The summed E-state index contributed by atoms with van der Waals surface area (Å²) >= 11 is 0. The minimum absolute atomic E-state index is 0.00819. The molecule has 1 aliphatic heterocycles. The molecule has 0 atom stereocenters. The predicted molar refractivity (Wildman–Crippen MR) is 113 cm³/mol. The molecule has 0 bridgehead atoms. The number of aryl methyl sites for hydroxylation is 2. The van der Waals surface area contributed by atoms with Gasteiger partial charge in [0.05, 0.1) is 0 Å². The van der Waals surface area contributed by atoms with Gasteiger partial charge < -0.3 is 9.80 Å². The fourth-order valence-electron chi connectivity index (χ4n) is 3.51. The molecule has 0 radical (unpaired) electrons. The van der Waals surface area contributed by atoms with Crippen LogP contribution in [0.5, 0.6) is 0 Å². The molecule has 1 aliphatic rings. The molecule has 0 unspecified atom stereocenters. The van der Waals surface area contributed by atoms with Crippen LogP contribution >= 0.6 is 0 Å². The van der Waals surface area contributed by atoms with Crippen LogP contribution < -0.4 is 0 Å². The highest BCUT2D eigenvalue weighted by atomic mass is 16.2. The Morgan fingerprint density at radius 3 is 1.83 bits per heavy atom. The lowest BCUT2D eigenvalue weighted by Gasteiger charge is -2.22. The van der Waals surface area contributed by atoms with Gasteiger partial charge in [-0.1, -0.05) is 47.5 Å². The second kappa shape index (κ2) is 9.50. The third kappa shape index (κ3) is 5.53. The fourth-order valence-corrected chi connectivity index (χ4v) is 3.51. The van der Waals surface area contributed by atoms with Crippen LogP contribution in [0.1, 0.15) is 51.1 Å². The molecule has 5 heteroatoms. The number of carbonyl (C=O) groups excluding carboxylic acids is 3. The normalized spacial score (nSPS) is 14.4. The molecule has 152 valence electrons. The summed E-state index contributed by atoms with van der Waals surface area (Å²) in [5.41, 5.74) is 3.55. The summed E-state index contributed by atoms with van der Waals surface area (Å²) in [6.45, 7) is 6.25. The van der Waals surface area contributed by atoms with Gasteiger partial charge in [0.25, 0.3) is 5.91 Å². The van der Waals surface area contributed by atoms with Crippen LogP contribution in [0.25, 0.3) is 0 Å². The van der Waals surface area contributed by atoms with Gasteiger partial charge in [0.1, 0.15) is 0 Å². The van der Waals surface area contributed by atoms with Gasteiger partial charge in [-0.05, 0) is 32.4 Å². The number of hydrogen-bond donors (Lipinski definition) is 0. The first-order valence-corrected chi connectivity index (χ1v) is 10.2. The van der Waals surface area contributed by atoms with Gasteiger partial charge in [0, 0.05) is 50.1 Å². The van der Waals surface area contributed by atoms with Crippen molar-refractivity contribution in [3.8, 4) is 0 Å². The Balaban J connectivity index is 1.51. The highest BCUT2D eigenvalue weighted by Gasteiger charge is 2.23. The molecule has 0 spiro atoms. The number of carbonyl (C=O) groups is 3. The topological polar surface area (TPSA) is 57.7 Å². The van der Waals surface area contributed by atoms with E-state index < -0.39 is 0 Å². The van der Waals surface area contributed by atoms with Crippen molar-refractivity contribution in [3.05, 3.63) is 70.8 Å². The van der Waals surface area contributed by atoms with Crippen LogP contribution in [-0.4, -0.2) is 53.6 Å². The molecular weight excluding hydrogens is 364 g/mol. The van der Waals surface area contributed by atoms with Crippen molar-refractivity contribution in [2.75, 3.05) is 26.2 Å². The van der Waals surface area contributed by atoms with Crippen molar-refractivity contribution < 1.29 is 14.4 Å². The monoisotopic (exact) mass is 392 g/mol. The first kappa shape index (κ1) is 20.8. The van der Waals surface area contributed by atoms with E-state index in [0.717, 1.165) is 17.5 Å². The zero-order valence-electron chi connectivity index (χ0n) is 17.2. The van der Waals surface area contributed by atoms with Crippen LogP contribution in [-0.2, 0) is 4.79 Å². The molecule has 2 aromatic rings. The molecule has 0 aromatic heterocycles. The first-order chi connectivity index (χ1) is 13.9. The van der Waals surface area contributed by atoms with E-state index in [2.05, 4.69) is 0 Å². The molecule has 2 amide bonds. The van der Waals surface area contributed by atoms with Crippen LogP contribution in [0.3, 0.4) is 0 Å². The second-order valence-electron chi connectivity index (χ2n) is 7.68. The Morgan fingerprint density at radius 1 is 0.690 bits per heavy atom. The van der Waals surface area contributed by atoms with E-state index in [9.17, 15) is 14.4 Å². The van der Waals surface area contributed by atoms with E-state index in [1.165, 1.54) is 0 Å². The maximum Gasteiger partial charge on any atom is 0.253 e. The Bertz CT molecular complexity index is 872. The van der Waals surface area contributed by atoms with Crippen molar-refractivity contribution in [3.63, 3.8) is 0 Å². The van der Waals surface area contributed by atoms with Crippen LogP contribution in [0.15, 0.2) is 48.5 Å². The van der Waals surface area contributed by atoms with E-state index in [0.29, 0.717) is 37.3 Å². The van der Waals surface area contributed by atoms with Gasteiger partial charge in [-0.2, -0.15) is 0 Å². The minimum atomic E-state index is -0.0184. The number of nitrogens with zero attached hydrogens (tertiary/aromatic N) is 2. The third-order valence-electron chi connectivity index (χ3n) is 5.37. The SMILES string of the molecule is Cc1ccc(C(=O)CCC(=O)N2CCCN(C(=O)c3ccc(C)cc3)CC2)cc1. The molecule has 5 nitrogen and oxygen atoms in total. The summed E-state index contributed by atoms with van der Waals surface area (Å²) in [4.78, 5) is 41.2. The zero-order valence-corrected chi connectivity index (χ0v) is 17.2. The van der Waals surface area contributed by atoms with Crippen molar-refractivity contribution >= 4 is 17.6 Å².